The number of hydrogen-bond donors (Lipinski definition) is 4. The third kappa shape index (κ3) is 3.30. The number of pyridine rings is 1. The summed E-state index contributed by atoms with van der Waals surface area (Å²) >= 11 is 0. The van der Waals surface area contributed by atoms with Crippen molar-refractivity contribution in [2.45, 2.75) is 63.6 Å². The van der Waals surface area contributed by atoms with Crippen molar-refractivity contribution in [1.29, 1.82) is 0 Å². The summed E-state index contributed by atoms with van der Waals surface area (Å²) in [5.41, 5.74) is 0.923. The first-order valence-electron chi connectivity index (χ1n) is 11.0. The molecule has 3 saturated carbocycles. The van der Waals surface area contributed by atoms with Gasteiger partial charge in [0.25, 0.3) is 0 Å². The van der Waals surface area contributed by atoms with Crippen LogP contribution in [0.1, 0.15) is 57.1 Å². The summed E-state index contributed by atoms with van der Waals surface area (Å²) < 4.78 is 0. The van der Waals surface area contributed by atoms with Gasteiger partial charge >= 0.3 is 0 Å². The molecule has 5 nitrogen and oxygen atoms in total. The number of fused-ring (bicyclic) bond motifs is 1. The van der Waals surface area contributed by atoms with Crippen molar-refractivity contribution in [2.75, 3.05) is 13.2 Å². The molecule has 156 valence electrons. The third-order valence-corrected chi connectivity index (χ3v) is 8.63. The lowest BCUT2D eigenvalue weighted by molar-refractivity contribution is -0.106. The van der Waals surface area contributed by atoms with E-state index in [1.54, 1.807) is 0 Å². The molecule has 28 heavy (non-hydrogen) atoms. The van der Waals surface area contributed by atoms with Crippen LogP contribution in [0.15, 0.2) is 24.4 Å². The average molecular weight is 390 g/mol. The van der Waals surface area contributed by atoms with Crippen molar-refractivity contribution in [3.8, 4) is 0 Å². The smallest absolute Gasteiger partial charge is 0.0577 e. The van der Waals surface area contributed by atoms with Crippen LogP contribution in [0.3, 0.4) is 0 Å². The number of rotatable bonds is 4. The Morgan fingerprint density at radius 3 is 2.57 bits per heavy atom. The van der Waals surface area contributed by atoms with E-state index in [9.17, 15) is 20.4 Å². The summed E-state index contributed by atoms with van der Waals surface area (Å²) in [6, 6.07) is 6.01. The molecule has 0 amide bonds. The molecule has 0 aromatic carbocycles. The fraction of sp³-hybridized carbons (Fsp3) is 0.783. The quantitative estimate of drug-likeness (QED) is 0.634. The highest BCUT2D eigenvalue weighted by molar-refractivity contribution is 5.17. The van der Waals surface area contributed by atoms with E-state index < -0.39 is 0 Å². The molecule has 1 aromatic rings. The van der Waals surface area contributed by atoms with Crippen molar-refractivity contribution < 1.29 is 20.4 Å². The molecule has 0 bridgehead atoms. The number of aliphatic hydroxyl groups is 4. The second-order valence-corrected chi connectivity index (χ2v) is 9.75. The molecule has 1 aromatic heterocycles. The number of nitrogens with zero attached hydrogens (tertiary/aromatic N) is 1. The zero-order valence-electron chi connectivity index (χ0n) is 16.8. The monoisotopic (exact) mass is 389 g/mol. The lowest BCUT2D eigenvalue weighted by Crippen LogP contribution is -2.52. The maximum absolute atomic E-state index is 10.8. The van der Waals surface area contributed by atoms with Crippen molar-refractivity contribution in [3.05, 3.63) is 30.1 Å². The SMILES string of the molecule is C[C@]1([C@H]2CC(c3ccccn3)[C@@H]3[C@@H](CC[C@@H]3O)[C@H]2CO)CC[C@H](O)C[C@@H]1CO. The highest BCUT2D eigenvalue weighted by atomic mass is 16.3. The van der Waals surface area contributed by atoms with Gasteiger partial charge in [-0.15, -0.1) is 0 Å². The molecular formula is C23H35NO4. The van der Waals surface area contributed by atoms with Crippen LogP contribution >= 0.6 is 0 Å². The second kappa shape index (κ2) is 8.02. The number of hydrogen-bond acceptors (Lipinski definition) is 5. The first kappa shape index (κ1) is 20.3. The highest BCUT2D eigenvalue weighted by Crippen LogP contribution is 2.61. The summed E-state index contributed by atoms with van der Waals surface area (Å²) in [5, 5.41) is 41.5. The van der Waals surface area contributed by atoms with Crippen LogP contribution in [0.2, 0.25) is 0 Å². The molecule has 9 atom stereocenters. The fourth-order valence-corrected chi connectivity index (χ4v) is 7.11. The molecule has 3 aliphatic carbocycles. The Morgan fingerprint density at radius 1 is 1.07 bits per heavy atom. The van der Waals surface area contributed by atoms with Crippen molar-refractivity contribution >= 4 is 0 Å². The Morgan fingerprint density at radius 2 is 1.89 bits per heavy atom. The van der Waals surface area contributed by atoms with Crippen LogP contribution in [0, 0.1) is 35.0 Å². The van der Waals surface area contributed by atoms with Crippen LogP contribution in [0.25, 0.3) is 0 Å². The van der Waals surface area contributed by atoms with Crippen molar-refractivity contribution in [1.82, 2.24) is 4.98 Å². The van der Waals surface area contributed by atoms with Crippen LogP contribution in [0.5, 0.6) is 0 Å². The molecule has 3 fully saturated rings. The third-order valence-electron chi connectivity index (χ3n) is 8.63. The standard InChI is InChI=1S/C23H35NO4/c1-23(8-7-15(27)10-14(23)12-25)19-11-17(20-4-2-3-9-24-20)22-16(18(19)13-26)5-6-21(22)28/h2-4,9,14-19,21-22,25-28H,5-8,10-13H2,1H3/t14-,15+,16+,17?,18-,19+,21+,22+,23+/m1/s1. The molecule has 5 heteroatoms. The molecule has 0 radical (unpaired) electrons. The number of aromatic nitrogens is 1. The van der Waals surface area contributed by atoms with E-state index in [0.717, 1.165) is 37.8 Å². The molecule has 0 saturated heterocycles. The van der Waals surface area contributed by atoms with Gasteiger partial charge in [-0.3, -0.25) is 4.98 Å². The van der Waals surface area contributed by atoms with E-state index in [1.807, 2.05) is 18.3 Å². The summed E-state index contributed by atoms with van der Waals surface area (Å²) in [6.07, 6.45) is 6.03. The van der Waals surface area contributed by atoms with Crippen molar-refractivity contribution in [3.63, 3.8) is 0 Å². The fourth-order valence-electron chi connectivity index (χ4n) is 7.11. The lowest BCUT2D eigenvalue weighted by atomic mass is 9.50. The van der Waals surface area contributed by atoms with Crippen molar-refractivity contribution in [2.24, 2.45) is 35.0 Å². The van der Waals surface area contributed by atoms with E-state index in [-0.39, 0.29) is 66.3 Å². The van der Waals surface area contributed by atoms with Gasteiger partial charge in [-0.25, -0.2) is 0 Å². The predicted octanol–water partition coefficient (Wildman–Crippen LogP) is 2.34. The molecule has 0 aliphatic heterocycles. The first-order valence-corrected chi connectivity index (χ1v) is 11.0. The van der Waals surface area contributed by atoms with E-state index in [2.05, 4.69) is 18.0 Å². The Balaban J connectivity index is 1.72. The second-order valence-electron chi connectivity index (χ2n) is 9.75. The maximum atomic E-state index is 10.8. The summed E-state index contributed by atoms with van der Waals surface area (Å²) in [5.74, 6) is 1.04. The van der Waals surface area contributed by atoms with Gasteiger partial charge in [0.1, 0.15) is 0 Å². The van der Waals surface area contributed by atoms with E-state index in [4.69, 9.17) is 0 Å². The summed E-state index contributed by atoms with van der Waals surface area (Å²) in [4.78, 5) is 4.64. The van der Waals surface area contributed by atoms with Gasteiger partial charge in [0.15, 0.2) is 0 Å². The molecular weight excluding hydrogens is 354 g/mol. The molecule has 0 spiro atoms. The lowest BCUT2D eigenvalue weighted by Gasteiger charge is -2.56. The minimum Gasteiger partial charge on any atom is -0.396 e. The van der Waals surface area contributed by atoms with Gasteiger partial charge in [-0.2, -0.15) is 0 Å². The van der Waals surface area contributed by atoms with Gasteiger partial charge in [0.05, 0.1) is 12.2 Å². The van der Waals surface area contributed by atoms with Crippen LogP contribution in [0.4, 0.5) is 0 Å². The highest BCUT2D eigenvalue weighted by Gasteiger charge is 2.57. The van der Waals surface area contributed by atoms with Gasteiger partial charge < -0.3 is 20.4 Å². The topological polar surface area (TPSA) is 93.8 Å². The maximum Gasteiger partial charge on any atom is 0.0577 e. The summed E-state index contributed by atoms with van der Waals surface area (Å²) in [7, 11) is 0. The van der Waals surface area contributed by atoms with Gasteiger partial charge in [0, 0.05) is 31.0 Å². The van der Waals surface area contributed by atoms with E-state index >= 15 is 0 Å². The first-order chi connectivity index (χ1) is 13.5. The largest absolute Gasteiger partial charge is 0.396 e. The Bertz CT molecular complexity index is 655. The van der Waals surface area contributed by atoms with Gasteiger partial charge in [0.2, 0.25) is 0 Å². The van der Waals surface area contributed by atoms with E-state index in [0.29, 0.717) is 6.42 Å². The minimum absolute atomic E-state index is 0.0440. The molecule has 4 N–H and O–H groups in total. The van der Waals surface area contributed by atoms with Crippen LogP contribution in [-0.2, 0) is 0 Å². The molecule has 4 rings (SSSR count). The average Bonchev–Trinajstić information content (AvgIpc) is 3.11. The zero-order valence-corrected chi connectivity index (χ0v) is 16.8. The molecule has 1 heterocycles. The number of aliphatic hydroxyl groups excluding tert-OH is 4. The Hall–Kier alpha value is -1.01. The zero-order chi connectivity index (χ0) is 19.9. The van der Waals surface area contributed by atoms with Crippen LogP contribution in [-0.4, -0.2) is 50.8 Å². The normalized spacial score (nSPS) is 46.3. The Kier molecular flexibility index (Phi) is 5.81. The van der Waals surface area contributed by atoms with Gasteiger partial charge in [-0.05, 0) is 85.7 Å². The Labute approximate surface area is 167 Å². The predicted molar refractivity (Wildman–Crippen MR) is 106 cm³/mol. The summed E-state index contributed by atoms with van der Waals surface area (Å²) in [6.45, 7) is 2.46. The van der Waals surface area contributed by atoms with E-state index in [1.165, 1.54) is 0 Å². The van der Waals surface area contributed by atoms with Crippen LogP contribution < -0.4 is 0 Å². The van der Waals surface area contributed by atoms with Gasteiger partial charge in [-0.1, -0.05) is 13.0 Å². The molecule has 1 unspecified atom stereocenters. The molecule has 3 aliphatic rings. The minimum atomic E-state index is -0.339.